The van der Waals surface area contributed by atoms with E-state index in [1.807, 2.05) is 20.8 Å². The molecule has 138 valence electrons. The Bertz CT molecular complexity index is 788. The van der Waals surface area contributed by atoms with Gasteiger partial charge in [0.1, 0.15) is 11.6 Å². The molecule has 7 heteroatoms. The fraction of sp³-hybridized carbons (Fsp3) is 0.368. The maximum atomic E-state index is 12.6. The third kappa shape index (κ3) is 5.02. The first kappa shape index (κ1) is 19.4. The molecule has 0 bridgehead atoms. The van der Waals surface area contributed by atoms with E-state index in [-0.39, 0.29) is 17.9 Å². The minimum atomic E-state index is -1.03. The number of benzene rings is 1. The number of hydrogen-bond acceptors (Lipinski definition) is 5. The molecule has 0 saturated heterocycles. The van der Waals surface area contributed by atoms with Crippen LogP contribution in [0.1, 0.15) is 60.2 Å². The predicted octanol–water partition coefficient (Wildman–Crippen LogP) is 2.86. The molecule has 0 aliphatic rings. The molecule has 26 heavy (non-hydrogen) atoms. The zero-order valence-corrected chi connectivity index (χ0v) is 15.3. The summed E-state index contributed by atoms with van der Waals surface area (Å²) in [5.41, 5.74) is 2.07. The molecule has 2 aromatic rings. The molecule has 7 nitrogen and oxygen atoms in total. The number of ether oxygens (including phenoxy) is 1. The van der Waals surface area contributed by atoms with Crippen LogP contribution in [0, 0.1) is 6.92 Å². The van der Waals surface area contributed by atoms with Crippen molar-refractivity contribution < 1.29 is 19.4 Å². The van der Waals surface area contributed by atoms with Crippen molar-refractivity contribution in [1.82, 2.24) is 15.3 Å². The third-order valence-electron chi connectivity index (χ3n) is 3.82. The standard InChI is InChI=1S/C19H23N3O4/c1-11(2)18-16(9-20-13(4)22-18)19(25)21-12(3)14-5-7-15(8-6-14)26-10-17(23)24/h5-9,11-12H,10H2,1-4H3,(H,21,25)(H,23,24). The van der Waals surface area contributed by atoms with Gasteiger partial charge in [0.25, 0.3) is 5.91 Å². The first-order valence-electron chi connectivity index (χ1n) is 8.37. The Hall–Kier alpha value is -2.96. The summed E-state index contributed by atoms with van der Waals surface area (Å²) in [5.74, 6) is -0.0548. The second-order valence-electron chi connectivity index (χ2n) is 6.32. The van der Waals surface area contributed by atoms with Crippen LogP contribution >= 0.6 is 0 Å². The summed E-state index contributed by atoms with van der Waals surface area (Å²) in [6.45, 7) is 7.24. The van der Waals surface area contributed by atoms with E-state index in [2.05, 4.69) is 15.3 Å². The van der Waals surface area contributed by atoms with Crippen LogP contribution in [0.5, 0.6) is 5.75 Å². The van der Waals surface area contributed by atoms with Gasteiger partial charge in [0.05, 0.1) is 17.3 Å². The van der Waals surface area contributed by atoms with Crippen molar-refractivity contribution in [2.75, 3.05) is 6.61 Å². The van der Waals surface area contributed by atoms with Gasteiger partial charge in [-0.1, -0.05) is 26.0 Å². The molecule has 1 aromatic carbocycles. The number of nitrogens with zero attached hydrogens (tertiary/aromatic N) is 2. The van der Waals surface area contributed by atoms with Crippen LogP contribution in [-0.2, 0) is 4.79 Å². The van der Waals surface area contributed by atoms with Crippen molar-refractivity contribution in [2.24, 2.45) is 0 Å². The Morgan fingerprint density at radius 3 is 2.42 bits per heavy atom. The number of nitrogens with one attached hydrogen (secondary N) is 1. The molecular formula is C19H23N3O4. The summed E-state index contributed by atoms with van der Waals surface area (Å²) < 4.78 is 5.10. The molecule has 0 fully saturated rings. The number of carboxylic acids is 1. The van der Waals surface area contributed by atoms with Crippen molar-refractivity contribution in [2.45, 2.75) is 39.7 Å². The smallest absolute Gasteiger partial charge is 0.341 e. The largest absolute Gasteiger partial charge is 0.482 e. The van der Waals surface area contributed by atoms with Crippen LogP contribution in [0.3, 0.4) is 0 Å². The molecule has 0 spiro atoms. The molecular weight excluding hydrogens is 334 g/mol. The van der Waals surface area contributed by atoms with E-state index in [0.717, 1.165) is 11.3 Å². The van der Waals surface area contributed by atoms with Gasteiger partial charge in [-0.05, 0) is 37.5 Å². The number of aromatic nitrogens is 2. The Morgan fingerprint density at radius 2 is 1.85 bits per heavy atom. The van der Waals surface area contributed by atoms with E-state index >= 15 is 0 Å². The van der Waals surface area contributed by atoms with Crippen LogP contribution in [0.4, 0.5) is 0 Å². The van der Waals surface area contributed by atoms with Crippen LogP contribution in [0.25, 0.3) is 0 Å². The molecule has 0 aliphatic heterocycles. The molecule has 1 heterocycles. The number of aliphatic carboxylic acids is 1. The van der Waals surface area contributed by atoms with E-state index < -0.39 is 12.6 Å². The fourth-order valence-electron chi connectivity index (χ4n) is 2.46. The monoisotopic (exact) mass is 357 g/mol. The lowest BCUT2D eigenvalue weighted by Crippen LogP contribution is -2.28. The Balaban J connectivity index is 2.08. The van der Waals surface area contributed by atoms with Crippen LogP contribution < -0.4 is 10.1 Å². The van der Waals surface area contributed by atoms with E-state index in [0.29, 0.717) is 17.1 Å². The Morgan fingerprint density at radius 1 is 1.19 bits per heavy atom. The minimum Gasteiger partial charge on any atom is -0.482 e. The average Bonchev–Trinajstić information content (AvgIpc) is 2.60. The quantitative estimate of drug-likeness (QED) is 0.790. The number of aryl methyl sites for hydroxylation is 1. The number of carbonyl (C=O) groups excluding carboxylic acids is 1. The van der Waals surface area contributed by atoms with Gasteiger partial charge < -0.3 is 15.2 Å². The summed E-state index contributed by atoms with van der Waals surface area (Å²) in [4.78, 5) is 31.7. The first-order chi connectivity index (χ1) is 12.3. The summed E-state index contributed by atoms with van der Waals surface area (Å²) in [5, 5.41) is 11.6. The summed E-state index contributed by atoms with van der Waals surface area (Å²) in [6, 6.07) is 6.69. The summed E-state index contributed by atoms with van der Waals surface area (Å²) in [6.07, 6.45) is 1.56. The van der Waals surface area contributed by atoms with Gasteiger partial charge in [0, 0.05) is 6.20 Å². The molecule has 1 amide bonds. The average molecular weight is 357 g/mol. The second kappa shape index (κ2) is 8.42. The van der Waals surface area contributed by atoms with Gasteiger partial charge in [-0.25, -0.2) is 14.8 Å². The second-order valence-corrected chi connectivity index (χ2v) is 6.32. The topological polar surface area (TPSA) is 101 Å². The number of amides is 1. The fourth-order valence-corrected chi connectivity index (χ4v) is 2.46. The maximum absolute atomic E-state index is 12.6. The molecule has 1 aromatic heterocycles. The lowest BCUT2D eigenvalue weighted by Gasteiger charge is -2.17. The highest BCUT2D eigenvalue weighted by Gasteiger charge is 2.18. The van der Waals surface area contributed by atoms with Crippen molar-refractivity contribution in [1.29, 1.82) is 0 Å². The lowest BCUT2D eigenvalue weighted by molar-refractivity contribution is -0.139. The maximum Gasteiger partial charge on any atom is 0.341 e. The number of carboxylic acid groups (broad SMARTS) is 1. The Kier molecular flexibility index (Phi) is 6.27. The van der Waals surface area contributed by atoms with Crippen molar-refractivity contribution in [3.63, 3.8) is 0 Å². The van der Waals surface area contributed by atoms with Crippen LogP contribution in [-0.4, -0.2) is 33.6 Å². The molecule has 0 aliphatic carbocycles. The molecule has 0 saturated carbocycles. The van der Waals surface area contributed by atoms with Crippen molar-refractivity contribution in [3.05, 3.63) is 53.1 Å². The highest BCUT2D eigenvalue weighted by atomic mass is 16.5. The minimum absolute atomic E-state index is 0.110. The lowest BCUT2D eigenvalue weighted by atomic mass is 10.0. The SMILES string of the molecule is Cc1ncc(C(=O)NC(C)c2ccc(OCC(=O)O)cc2)c(C(C)C)n1. The van der Waals surface area contributed by atoms with Gasteiger partial charge in [0.2, 0.25) is 0 Å². The molecule has 1 unspecified atom stereocenters. The van der Waals surface area contributed by atoms with Crippen molar-refractivity contribution >= 4 is 11.9 Å². The molecule has 2 N–H and O–H groups in total. The van der Waals surface area contributed by atoms with Gasteiger partial charge >= 0.3 is 5.97 Å². The number of hydrogen-bond donors (Lipinski definition) is 2. The number of rotatable bonds is 7. The van der Waals surface area contributed by atoms with Gasteiger partial charge in [-0.3, -0.25) is 4.79 Å². The highest BCUT2D eigenvalue weighted by Crippen LogP contribution is 2.20. The molecule has 0 radical (unpaired) electrons. The van der Waals surface area contributed by atoms with E-state index in [9.17, 15) is 9.59 Å². The van der Waals surface area contributed by atoms with Crippen molar-refractivity contribution in [3.8, 4) is 5.75 Å². The zero-order chi connectivity index (χ0) is 19.3. The third-order valence-corrected chi connectivity index (χ3v) is 3.82. The van der Waals surface area contributed by atoms with Crippen LogP contribution in [0.2, 0.25) is 0 Å². The Labute approximate surface area is 152 Å². The van der Waals surface area contributed by atoms with E-state index in [1.54, 1.807) is 37.4 Å². The summed E-state index contributed by atoms with van der Waals surface area (Å²) in [7, 11) is 0. The van der Waals surface area contributed by atoms with Crippen LogP contribution in [0.15, 0.2) is 30.5 Å². The van der Waals surface area contributed by atoms with Gasteiger partial charge in [-0.2, -0.15) is 0 Å². The van der Waals surface area contributed by atoms with Gasteiger partial charge in [-0.15, -0.1) is 0 Å². The molecule has 1 atom stereocenters. The van der Waals surface area contributed by atoms with E-state index in [4.69, 9.17) is 9.84 Å². The molecule has 2 rings (SSSR count). The van der Waals surface area contributed by atoms with Gasteiger partial charge in [0.15, 0.2) is 6.61 Å². The number of carbonyl (C=O) groups is 2. The zero-order valence-electron chi connectivity index (χ0n) is 15.3. The van der Waals surface area contributed by atoms with E-state index in [1.165, 1.54) is 0 Å². The summed E-state index contributed by atoms with van der Waals surface area (Å²) >= 11 is 0. The highest BCUT2D eigenvalue weighted by molar-refractivity contribution is 5.95. The predicted molar refractivity (Wildman–Crippen MR) is 96.3 cm³/mol. The first-order valence-corrected chi connectivity index (χ1v) is 8.37. The normalized spacial score (nSPS) is 11.9.